The molecule has 12 heteroatoms. The number of fused-ring (bicyclic) bond motifs is 3. The number of morpholine rings is 1. The van der Waals surface area contributed by atoms with Crippen LogP contribution < -0.4 is 25.8 Å². The van der Waals surface area contributed by atoms with Crippen molar-refractivity contribution in [1.82, 2.24) is 19.8 Å². The lowest BCUT2D eigenvalue weighted by Gasteiger charge is -2.61. The number of benzene rings is 2. The first-order valence-corrected chi connectivity index (χ1v) is 17.6. The Labute approximate surface area is 286 Å². The summed E-state index contributed by atoms with van der Waals surface area (Å²) in [6.45, 7) is 12.5. The van der Waals surface area contributed by atoms with Crippen LogP contribution >= 0.6 is 0 Å². The van der Waals surface area contributed by atoms with Crippen LogP contribution in [-0.4, -0.2) is 84.9 Å². The Morgan fingerprint density at radius 3 is 2.63 bits per heavy atom. The summed E-state index contributed by atoms with van der Waals surface area (Å²) in [5.41, 5.74) is 1.97. The van der Waals surface area contributed by atoms with Gasteiger partial charge >= 0.3 is 0 Å². The van der Waals surface area contributed by atoms with Crippen molar-refractivity contribution in [3.8, 4) is 5.75 Å². The molecule has 3 aliphatic carbocycles. The van der Waals surface area contributed by atoms with Crippen LogP contribution in [0.25, 0.3) is 10.9 Å². The van der Waals surface area contributed by atoms with Crippen molar-refractivity contribution in [3.63, 3.8) is 0 Å². The highest BCUT2D eigenvalue weighted by molar-refractivity contribution is 5.98. The molecular formula is C37H48FN7O4. The molecule has 5 fully saturated rings. The van der Waals surface area contributed by atoms with Gasteiger partial charge in [0, 0.05) is 44.0 Å². The highest BCUT2D eigenvalue weighted by Gasteiger charge is 2.56. The number of nitrogens with one attached hydrogen (secondary N) is 2. The number of carbonyl (C=O) groups is 1. The minimum atomic E-state index is -0.369. The number of aryl methyl sites for hydroxylation is 1. The monoisotopic (exact) mass is 673 g/mol. The number of anilines is 2. The average molecular weight is 674 g/mol. The molecule has 262 valence electrons. The van der Waals surface area contributed by atoms with Crippen molar-refractivity contribution in [3.05, 3.63) is 58.1 Å². The maximum Gasteiger partial charge on any atom is 0.262 e. The maximum absolute atomic E-state index is 14.8. The molecule has 0 spiro atoms. The van der Waals surface area contributed by atoms with Gasteiger partial charge in [0.25, 0.3) is 5.56 Å². The number of nitrogens with zero attached hydrogens (tertiary/aromatic N) is 5. The second kappa shape index (κ2) is 13.3. The number of methoxy groups -OCH3 is 1. The van der Waals surface area contributed by atoms with Crippen molar-refractivity contribution >= 4 is 34.4 Å². The lowest BCUT2D eigenvalue weighted by atomic mass is 9.45. The number of rotatable bonds is 7. The lowest BCUT2D eigenvalue weighted by molar-refractivity contribution is -0.124. The number of carbonyl (C=O) groups excluding carboxylic acids is 1. The van der Waals surface area contributed by atoms with Crippen molar-refractivity contribution in [2.45, 2.75) is 65.6 Å². The molecular weight excluding hydrogens is 625 g/mol. The minimum Gasteiger partial charge on any atom is -0.497 e. The van der Waals surface area contributed by atoms with Crippen LogP contribution in [0.5, 0.6) is 5.75 Å². The van der Waals surface area contributed by atoms with E-state index in [4.69, 9.17) is 19.5 Å². The SMILES string of the molecule is COc1ccc(CCn2c(N3CCOCC3)nc3cc(N/C(=N/C4C[C@H]5C[C@@H]([C@@H]4C)C5(C)C)N4CC(=O)N[C@@H](C)C4)ccc3c2=O)c(F)c1. The van der Waals surface area contributed by atoms with Crippen molar-refractivity contribution < 1.29 is 18.7 Å². The summed E-state index contributed by atoms with van der Waals surface area (Å²) in [6.07, 6.45) is 2.62. The van der Waals surface area contributed by atoms with E-state index >= 15 is 0 Å². The zero-order chi connectivity index (χ0) is 34.4. The van der Waals surface area contributed by atoms with Gasteiger partial charge in [0.1, 0.15) is 11.6 Å². The number of hydrogen-bond acceptors (Lipinski definition) is 7. The van der Waals surface area contributed by atoms with Crippen molar-refractivity contribution in [2.75, 3.05) is 56.7 Å². The van der Waals surface area contributed by atoms with Gasteiger partial charge in [-0.25, -0.2) is 14.4 Å². The second-order valence-electron chi connectivity index (χ2n) is 14.9. The van der Waals surface area contributed by atoms with Gasteiger partial charge in [-0.3, -0.25) is 14.2 Å². The van der Waals surface area contributed by atoms with Gasteiger partial charge in [-0.15, -0.1) is 0 Å². The Morgan fingerprint density at radius 2 is 1.94 bits per heavy atom. The molecule has 2 bridgehead atoms. The smallest absolute Gasteiger partial charge is 0.262 e. The molecule has 2 N–H and O–H groups in total. The molecule has 8 rings (SSSR count). The van der Waals surface area contributed by atoms with Gasteiger partial charge in [-0.1, -0.05) is 26.8 Å². The molecule has 3 aromatic rings. The highest BCUT2D eigenvalue weighted by Crippen LogP contribution is 2.61. The second-order valence-corrected chi connectivity index (χ2v) is 14.9. The van der Waals surface area contributed by atoms with Crippen LogP contribution in [0.3, 0.4) is 0 Å². The molecule has 2 aliphatic heterocycles. The standard InChI is InChI=1S/C37H48FN7O4/c1-22-20-44(21-33(46)39-22)35(41-31-17-25-16-29(23(31)2)37(25,3)4)40-26-7-9-28-32(18-26)42-36(43-12-14-49-15-13-43)45(34(28)47)11-10-24-6-8-27(48-5)19-30(24)38/h6-9,18-19,22-23,25,29,31H,10-17,20-21H2,1-5H3,(H,39,46)(H,40,41)/t22-,23-,25+,29-,31?/m0/s1. The molecule has 2 aromatic carbocycles. The van der Waals surface area contributed by atoms with Crippen molar-refractivity contribution in [1.29, 1.82) is 0 Å². The third-order valence-electron chi connectivity index (χ3n) is 11.5. The molecule has 3 saturated carbocycles. The fourth-order valence-electron chi connectivity index (χ4n) is 8.45. The van der Waals surface area contributed by atoms with Crippen molar-refractivity contribution in [2.24, 2.45) is 28.2 Å². The fourth-order valence-corrected chi connectivity index (χ4v) is 8.45. The summed E-state index contributed by atoms with van der Waals surface area (Å²) in [4.78, 5) is 41.2. The number of halogens is 1. The predicted octanol–water partition coefficient (Wildman–Crippen LogP) is 4.28. The number of aliphatic imine (C=N–C) groups is 1. The summed E-state index contributed by atoms with van der Waals surface area (Å²) in [6, 6.07) is 10.5. The van der Waals surface area contributed by atoms with Gasteiger partial charge in [0.15, 0.2) is 5.96 Å². The van der Waals surface area contributed by atoms with Gasteiger partial charge in [-0.2, -0.15) is 0 Å². The summed E-state index contributed by atoms with van der Waals surface area (Å²) >= 11 is 0. The molecule has 11 nitrogen and oxygen atoms in total. The Hall–Kier alpha value is -4.19. The van der Waals surface area contributed by atoms with Crippen LogP contribution in [-0.2, 0) is 22.5 Å². The van der Waals surface area contributed by atoms with Crippen LogP contribution in [0, 0.1) is 29.0 Å². The summed E-state index contributed by atoms with van der Waals surface area (Å²) in [5.74, 6) is 3.00. The minimum absolute atomic E-state index is 0.0106. The van der Waals surface area contributed by atoms with E-state index in [2.05, 4.69) is 36.3 Å². The lowest BCUT2D eigenvalue weighted by Crippen LogP contribution is -2.58. The van der Waals surface area contributed by atoms with Crippen LogP contribution in [0.15, 0.2) is 46.2 Å². The normalized spacial score (nSPS) is 26.7. The molecule has 5 atom stereocenters. The number of hydrogen-bond donors (Lipinski definition) is 2. The average Bonchev–Trinajstić information content (AvgIpc) is 3.08. The zero-order valence-corrected chi connectivity index (χ0v) is 29.2. The molecule has 0 radical (unpaired) electrons. The largest absolute Gasteiger partial charge is 0.497 e. The van der Waals surface area contributed by atoms with Crippen LogP contribution in [0.4, 0.5) is 16.0 Å². The third kappa shape index (κ3) is 6.47. The molecule has 5 aliphatic rings. The van der Waals surface area contributed by atoms with E-state index < -0.39 is 0 Å². The van der Waals surface area contributed by atoms with Crippen LogP contribution in [0.1, 0.15) is 46.1 Å². The molecule has 2 saturated heterocycles. The number of ether oxygens (including phenoxy) is 2. The van der Waals surface area contributed by atoms with E-state index in [1.165, 1.54) is 19.6 Å². The Morgan fingerprint density at radius 1 is 1.14 bits per heavy atom. The Balaban J connectivity index is 1.22. The molecule has 49 heavy (non-hydrogen) atoms. The predicted molar refractivity (Wildman–Crippen MR) is 189 cm³/mol. The Kier molecular flexibility index (Phi) is 9.02. The molecule has 1 amide bonds. The van der Waals surface area contributed by atoms with Gasteiger partial charge in [0.05, 0.1) is 43.8 Å². The summed E-state index contributed by atoms with van der Waals surface area (Å²) in [5, 5.41) is 7.05. The van der Waals surface area contributed by atoms with Gasteiger partial charge in [0.2, 0.25) is 11.9 Å². The third-order valence-corrected chi connectivity index (χ3v) is 11.5. The first kappa shape index (κ1) is 33.3. The van der Waals surface area contributed by atoms with E-state index in [0.29, 0.717) is 96.6 Å². The summed E-state index contributed by atoms with van der Waals surface area (Å²) < 4.78 is 27.3. The van der Waals surface area contributed by atoms with E-state index in [1.54, 1.807) is 22.8 Å². The number of aromatic nitrogens is 2. The van der Waals surface area contributed by atoms with Crippen LogP contribution in [0.2, 0.25) is 0 Å². The van der Waals surface area contributed by atoms with Gasteiger partial charge < -0.3 is 29.9 Å². The zero-order valence-electron chi connectivity index (χ0n) is 29.2. The van der Waals surface area contributed by atoms with E-state index in [0.717, 1.165) is 12.1 Å². The first-order chi connectivity index (χ1) is 23.5. The number of guanidine groups is 1. The number of amides is 1. The maximum atomic E-state index is 14.8. The van der Waals surface area contributed by atoms with Gasteiger partial charge in [-0.05, 0) is 79.2 Å². The quantitative estimate of drug-likeness (QED) is 0.283. The van der Waals surface area contributed by atoms with E-state index in [1.807, 2.05) is 24.0 Å². The number of piperazine rings is 1. The fraction of sp³-hybridized carbons (Fsp3) is 0.568. The highest BCUT2D eigenvalue weighted by atomic mass is 19.1. The summed E-state index contributed by atoms with van der Waals surface area (Å²) in [7, 11) is 1.50. The van der Waals surface area contributed by atoms with E-state index in [-0.39, 0.29) is 42.5 Å². The molecule has 3 heterocycles. The van der Waals surface area contributed by atoms with E-state index in [9.17, 15) is 14.0 Å². The topological polar surface area (TPSA) is 113 Å². The molecule has 1 unspecified atom stereocenters. The first-order valence-electron chi connectivity index (χ1n) is 17.6. The molecule has 1 aromatic heterocycles. The Bertz CT molecular complexity index is 1820.